The summed E-state index contributed by atoms with van der Waals surface area (Å²) in [5.74, 6) is -0.0823. The maximum atomic E-state index is 13.4. The first-order chi connectivity index (χ1) is 8.54. The number of carbonyl (C=O) groups is 1. The van der Waals surface area contributed by atoms with Crippen LogP contribution in [0.1, 0.15) is 25.8 Å². The Kier molecular flexibility index (Phi) is 6.33. The molecule has 0 saturated heterocycles. The van der Waals surface area contributed by atoms with Crippen molar-refractivity contribution in [3.05, 3.63) is 35.6 Å². The first kappa shape index (κ1) is 15.2. The quantitative estimate of drug-likeness (QED) is 0.802. The van der Waals surface area contributed by atoms with Gasteiger partial charge in [-0.1, -0.05) is 48.0 Å². The minimum Gasteiger partial charge on any atom is -0.353 e. The number of hydrogen-bond acceptors (Lipinski definition) is 1. The molecule has 0 spiro atoms. The third-order valence-electron chi connectivity index (χ3n) is 2.88. The Bertz CT molecular complexity index is 395. The second kappa shape index (κ2) is 7.52. The second-order valence-corrected chi connectivity index (χ2v) is 5.46. The van der Waals surface area contributed by atoms with Crippen LogP contribution in [0.3, 0.4) is 0 Å². The monoisotopic (exact) mass is 315 g/mol. The van der Waals surface area contributed by atoms with E-state index < -0.39 is 0 Å². The van der Waals surface area contributed by atoms with E-state index in [2.05, 4.69) is 35.1 Å². The predicted octanol–water partition coefficient (Wildman–Crippen LogP) is 3.29. The highest BCUT2D eigenvalue weighted by molar-refractivity contribution is 9.09. The van der Waals surface area contributed by atoms with Crippen molar-refractivity contribution in [3.63, 3.8) is 0 Å². The summed E-state index contributed by atoms with van der Waals surface area (Å²) in [5, 5.41) is 3.80. The minimum atomic E-state index is -0.325. The van der Waals surface area contributed by atoms with Crippen LogP contribution in [0.15, 0.2) is 24.3 Å². The maximum absolute atomic E-state index is 13.4. The fourth-order valence-electron chi connectivity index (χ4n) is 1.76. The van der Waals surface area contributed by atoms with Gasteiger partial charge in [-0.2, -0.15) is 0 Å². The number of benzene rings is 1. The van der Waals surface area contributed by atoms with E-state index >= 15 is 0 Å². The second-order valence-electron chi connectivity index (χ2n) is 4.66. The Balaban J connectivity index is 2.58. The predicted molar refractivity (Wildman–Crippen MR) is 75.3 cm³/mol. The summed E-state index contributed by atoms with van der Waals surface area (Å²) in [7, 11) is 0. The molecule has 1 N–H and O–H groups in total. The highest BCUT2D eigenvalue weighted by atomic mass is 79.9. The molecule has 1 aromatic rings. The van der Waals surface area contributed by atoms with Crippen molar-refractivity contribution in [2.75, 3.05) is 5.33 Å². The number of alkyl halides is 1. The SMILES string of the molecule is CC(C)C(CCBr)NC(=O)Cc1ccccc1F. The molecule has 1 unspecified atom stereocenters. The van der Waals surface area contributed by atoms with Crippen LogP contribution in [0.4, 0.5) is 4.39 Å². The molecule has 0 aliphatic carbocycles. The zero-order valence-electron chi connectivity index (χ0n) is 10.7. The molecule has 100 valence electrons. The van der Waals surface area contributed by atoms with Crippen LogP contribution in [-0.4, -0.2) is 17.3 Å². The molecule has 1 amide bonds. The molecule has 4 heteroatoms. The lowest BCUT2D eigenvalue weighted by Gasteiger charge is -2.21. The van der Waals surface area contributed by atoms with Crippen LogP contribution in [0.5, 0.6) is 0 Å². The van der Waals surface area contributed by atoms with Crippen LogP contribution >= 0.6 is 15.9 Å². The lowest BCUT2D eigenvalue weighted by Crippen LogP contribution is -2.39. The lowest BCUT2D eigenvalue weighted by molar-refractivity contribution is -0.121. The number of halogens is 2. The molecule has 0 aliphatic rings. The molecule has 0 saturated carbocycles. The normalized spacial score (nSPS) is 12.5. The van der Waals surface area contributed by atoms with E-state index in [1.54, 1.807) is 18.2 Å². The van der Waals surface area contributed by atoms with Crippen molar-refractivity contribution in [2.24, 2.45) is 5.92 Å². The van der Waals surface area contributed by atoms with E-state index in [0.717, 1.165) is 11.8 Å². The molecule has 2 nitrogen and oxygen atoms in total. The lowest BCUT2D eigenvalue weighted by atomic mass is 10.0. The zero-order valence-corrected chi connectivity index (χ0v) is 12.3. The fourth-order valence-corrected chi connectivity index (χ4v) is 2.26. The molecule has 1 rings (SSSR count). The number of rotatable bonds is 6. The Morgan fingerprint density at radius 1 is 1.39 bits per heavy atom. The van der Waals surface area contributed by atoms with E-state index in [1.807, 2.05) is 0 Å². The topological polar surface area (TPSA) is 29.1 Å². The van der Waals surface area contributed by atoms with Crippen LogP contribution in [0, 0.1) is 11.7 Å². The van der Waals surface area contributed by atoms with Gasteiger partial charge >= 0.3 is 0 Å². The average molecular weight is 316 g/mol. The Morgan fingerprint density at radius 3 is 2.61 bits per heavy atom. The molecule has 0 bridgehead atoms. The third-order valence-corrected chi connectivity index (χ3v) is 3.34. The highest BCUT2D eigenvalue weighted by Gasteiger charge is 2.16. The fraction of sp³-hybridized carbons (Fsp3) is 0.500. The van der Waals surface area contributed by atoms with Gasteiger partial charge in [-0.15, -0.1) is 0 Å². The summed E-state index contributed by atoms with van der Waals surface area (Å²) in [6.45, 7) is 4.13. The molecule has 0 fully saturated rings. The van der Waals surface area contributed by atoms with Crippen LogP contribution < -0.4 is 5.32 Å². The Hall–Kier alpha value is -0.900. The van der Waals surface area contributed by atoms with E-state index in [0.29, 0.717) is 11.5 Å². The van der Waals surface area contributed by atoms with Crippen molar-refractivity contribution in [3.8, 4) is 0 Å². The minimum absolute atomic E-state index is 0.0954. The zero-order chi connectivity index (χ0) is 13.5. The van der Waals surface area contributed by atoms with Crippen molar-refractivity contribution in [1.29, 1.82) is 0 Å². The molecule has 1 atom stereocenters. The Morgan fingerprint density at radius 2 is 2.06 bits per heavy atom. The first-order valence-electron chi connectivity index (χ1n) is 6.13. The van der Waals surface area contributed by atoms with Crippen molar-refractivity contribution < 1.29 is 9.18 Å². The summed E-state index contributed by atoms with van der Waals surface area (Å²) >= 11 is 3.38. The summed E-state index contributed by atoms with van der Waals surface area (Å²) in [5.41, 5.74) is 0.441. The largest absolute Gasteiger partial charge is 0.353 e. The molecule has 0 radical (unpaired) electrons. The van der Waals surface area contributed by atoms with E-state index in [9.17, 15) is 9.18 Å². The van der Waals surface area contributed by atoms with Gasteiger partial charge < -0.3 is 5.32 Å². The van der Waals surface area contributed by atoms with Crippen molar-refractivity contribution >= 4 is 21.8 Å². The van der Waals surface area contributed by atoms with Gasteiger partial charge in [0, 0.05) is 11.4 Å². The smallest absolute Gasteiger partial charge is 0.224 e. The number of carbonyl (C=O) groups excluding carboxylic acids is 1. The van der Waals surface area contributed by atoms with Crippen LogP contribution in [-0.2, 0) is 11.2 Å². The highest BCUT2D eigenvalue weighted by Crippen LogP contribution is 2.10. The maximum Gasteiger partial charge on any atom is 0.224 e. The van der Waals surface area contributed by atoms with Crippen LogP contribution in [0.25, 0.3) is 0 Å². The molecular formula is C14H19BrFNO. The third kappa shape index (κ3) is 4.77. The van der Waals surface area contributed by atoms with Crippen molar-refractivity contribution in [2.45, 2.75) is 32.7 Å². The summed E-state index contributed by atoms with van der Waals surface area (Å²) in [6, 6.07) is 6.51. The van der Waals surface area contributed by atoms with Gasteiger partial charge in [0.2, 0.25) is 5.91 Å². The van der Waals surface area contributed by atoms with Crippen molar-refractivity contribution in [1.82, 2.24) is 5.32 Å². The van der Waals surface area contributed by atoms with Gasteiger partial charge in [-0.05, 0) is 24.0 Å². The summed E-state index contributed by atoms with van der Waals surface area (Å²) in [4.78, 5) is 11.9. The molecule has 18 heavy (non-hydrogen) atoms. The standard InChI is InChI=1S/C14H19BrFNO/c1-10(2)13(7-8-15)17-14(18)9-11-5-3-4-6-12(11)16/h3-6,10,13H,7-9H2,1-2H3,(H,17,18). The average Bonchev–Trinajstić information content (AvgIpc) is 2.31. The van der Waals surface area contributed by atoms with E-state index in [-0.39, 0.29) is 24.2 Å². The number of amides is 1. The number of nitrogens with one attached hydrogen (secondary N) is 1. The summed E-state index contributed by atoms with van der Waals surface area (Å²) in [6.07, 6.45) is 0.971. The Labute approximate surface area is 116 Å². The van der Waals surface area contributed by atoms with Gasteiger partial charge in [-0.25, -0.2) is 4.39 Å². The van der Waals surface area contributed by atoms with Gasteiger partial charge in [-0.3, -0.25) is 4.79 Å². The van der Waals surface area contributed by atoms with Gasteiger partial charge in [0.1, 0.15) is 5.82 Å². The van der Waals surface area contributed by atoms with Crippen LogP contribution in [0.2, 0.25) is 0 Å². The molecular weight excluding hydrogens is 297 g/mol. The van der Waals surface area contributed by atoms with Gasteiger partial charge in [0.25, 0.3) is 0 Å². The molecule has 0 aromatic heterocycles. The molecule has 0 aliphatic heterocycles. The summed E-state index contributed by atoms with van der Waals surface area (Å²) < 4.78 is 13.4. The van der Waals surface area contributed by atoms with E-state index in [4.69, 9.17) is 0 Å². The molecule has 0 heterocycles. The molecule has 1 aromatic carbocycles. The van der Waals surface area contributed by atoms with Gasteiger partial charge in [0.15, 0.2) is 0 Å². The van der Waals surface area contributed by atoms with E-state index in [1.165, 1.54) is 6.07 Å². The first-order valence-corrected chi connectivity index (χ1v) is 7.25. The number of hydrogen-bond donors (Lipinski definition) is 1. The van der Waals surface area contributed by atoms with Gasteiger partial charge in [0.05, 0.1) is 6.42 Å².